The van der Waals surface area contributed by atoms with E-state index in [1.165, 1.54) is 24.4 Å². The molecule has 1 amide bonds. The molecular weight excluding hydrogens is 388 g/mol. The van der Waals surface area contributed by atoms with Crippen molar-refractivity contribution in [3.05, 3.63) is 51.8 Å². The summed E-state index contributed by atoms with van der Waals surface area (Å²) in [5, 5.41) is 0.0707. The molecule has 11 heteroatoms. The number of hydrogen-bond acceptors (Lipinski definition) is 5. The van der Waals surface area contributed by atoms with E-state index in [-0.39, 0.29) is 21.3 Å². The Bertz CT molecular complexity index is 744. The van der Waals surface area contributed by atoms with Crippen LogP contribution in [0.5, 0.6) is 0 Å². The van der Waals surface area contributed by atoms with Gasteiger partial charge in [-0.15, -0.1) is 12.6 Å². The number of thiol groups is 1. The lowest BCUT2D eigenvalue weighted by molar-refractivity contribution is -0.137. The molecule has 0 fully saturated rings. The Morgan fingerprint density at radius 2 is 1.88 bits per heavy atom. The van der Waals surface area contributed by atoms with Crippen LogP contribution in [0.15, 0.2) is 35.4 Å². The van der Waals surface area contributed by atoms with Crippen LogP contribution in [0.2, 0.25) is 10.0 Å². The van der Waals surface area contributed by atoms with Crippen molar-refractivity contribution >= 4 is 47.4 Å². The molecule has 0 radical (unpaired) electrons. The number of amides is 1. The van der Waals surface area contributed by atoms with Crippen molar-refractivity contribution in [1.29, 1.82) is 0 Å². The molecule has 5 N–H and O–H groups in total. The Hall–Kier alpha value is -1.68. The van der Waals surface area contributed by atoms with Gasteiger partial charge in [-0.25, -0.2) is 10.8 Å². The summed E-state index contributed by atoms with van der Waals surface area (Å²) < 4.78 is 36.3. The highest BCUT2D eigenvalue weighted by Crippen LogP contribution is 2.35. The minimum absolute atomic E-state index is 0.0712. The van der Waals surface area contributed by atoms with E-state index >= 15 is 0 Å². The maximum atomic E-state index is 12.1. The van der Waals surface area contributed by atoms with Crippen molar-refractivity contribution in [2.75, 3.05) is 5.73 Å². The number of hydrogen-bond donors (Lipinski definition) is 4. The summed E-state index contributed by atoms with van der Waals surface area (Å²) in [6.07, 6.45) is -3.09. The molecule has 0 aliphatic heterocycles. The zero-order chi connectivity index (χ0) is 18.5. The minimum Gasteiger partial charge on any atom is -0.397 e. The van der Waals surface area contributed by atoms with E-state index in [1.807, 2.05) is 5.43 Å². The number of anilines is 1. The summed E-state index contributed by atoms with van der Waals surface area (Å²) in [5.74, 6) is 4.35. The fraction of sp³-hybridized carbons (Fsp3) is 0.0769. The fourth-order valence-electron chi connectivity index (χ4n) is 1.44. The van der Waals surface area contributed by atoms with Gasteiger partial charge in [0.05, 0.1) is 21.3 Å². The lowest BCUT2D eigenvalue weighted by atomic mass is 10.2. The number of rotatable bonds is 1. The maximum Gasteiger partial charge on any atom is 0.417 e. The molecule has 1 aromatic carbocycles. The van der Waals surface area contributed by atoms with Gasteiger partial charge in [0, 0.05) is 11.1 Å². The van der Waals surface area contributed by atoms with E-state index in [4.69, 9.17) is 34.8 Å². The minimum atomic E-state index is -4.41. The van der Waals surface area contributed by atoms with Gasteiger partial charge in [-0.2, -0.15) is 13.2 Å². The molecule has 0 saturated carbocycles. The molecule has 0 saturated heterocycles. The van der Waals surface area contributed by atoms with Gasteiger partial charge in [0.15, 0.2) is 5.69 Å². The third kappa shape index (κ3) is 5.75. The molecule has 0 atom stereocenters. The number of aromatic nitrogens is 1. The monoisotopic (exact) mass is 398 g/mol. The van der Waals surface area contributed by atoms with E-state index in [0.29, 0.717) is 5.02 Å². The van der Waals surface area contributed by atoms with Crippen LogP contribution in [-0.2, 0) is 6.18 Å². The molecule has 5 nitrogen and oxygen atoms in total. The van der Waals surface area contributed by atoms with Crippen molar-refractivity contribution in [2.45, 2.75) is 11.1 Å². The Morgan fingerprint density at radius 1 is 1.25 bits per heavy atom. The molecule has 1 heterocycles. The largest absolute Gasteiger partial charge is 0.417 e. The number of carbonyl (C=O) groups excluding carboxylic acids is 1. The highest BCUT2D eigenvalue weighted by atomic mass is 35.5. The smallest absolute Gasteiger partial charge is 0.397 e. The third-order valence-electron chi connectivity index (χ3n) is 2.49. The number of nitrogens with two attached hydrogens (primary N) is 2. The molecule has 130 valence electrons. The molecule has 0 aliphatic carbocycles. The Labute approximate surface area is 150 Å². The zero-order valence-corrected chi connectivity index (χ0v) is 14.1. The highest BCUT2D eigenvalue weighted by Gasteiger charge is 2.33. The summed E-state index contributed by atoms with van der Waals surface area (Å²) in [5.41, 5.74) is 6.77. The van der Waals surface area contributed by atoms with E-state index < -0.39 is 17.6 Å². The molecule has 1 aromatic heterocycles. The van der Waals surface area contributed by atoms with Crippen molar-refractivity contribution in [2.24, 2.45) is 5.84 Å². The van der Waals surface area contributed by atoms with Crippen LogP contribution in [0.3, 0.4) is 0 Å². The van der Waals surface area contributed by atoms with Crippen LogP contribution in [0, 0.1) is 0 Å². The fourth-order valence-corrected chi connectivity index (χ4v) is 2.04. The van der Waals surface area contributed by atoms with E-state index in [1.54, 1.807) is 0 Å². The van der Waals surface area contributed by atoms with Crippen LogP contribution < -0.4 is 17.0 Å². The maximum absolute atomic E-state index is 12.1. The van der Waals surface area contributed by atoms with Crippen LogP contribution >= 0.6 is 35.8 Å². The van der Waals surface area contributed by atoms with Crippen LogP contribution in [0.25, 0.3) is 0 Å². The van der Waals surface area contributed by atoms with Gasteiger partial charge in [-0.1, -0.05) is 23.2 Å². The number of hydrazine groups is 1. The first kappa shape index (κ1) is 20.4. The predicted octanol–water partition coefficient (Wildman–Crippen LogP) is 3.57. The standard InChI is InChI=1S/C7H4ClF3S.C6H7ClN4O/c8-6-2-1-4(12)3-5(6)7(9,10)11;7-3-1-4(8)5(10-2-3)6(12)11-9/h1-3,12H;1-2H,8-9H2,(H,11,12). The highest BCUT2D eigenvalue weighted by molar-refractivity contribution is 7.80. The normalized spacial score (nSPS) is 10.6. The molecule has 24 heavy (non-hydrogen) atoms. The van der Waals surface area contributed by atoms with Crippen LogP contribution in [-0.4, -0.2) is 10.9 Å². The first-order valence-electron chi connectivity index (χ1n) is 6.04. The number of halogens is 5. The van der Waals surface area contributed by atoms with Crippen molar-refractivity contribution in [3.8, 4) is 0 Å². The summed E-state index contributed by atoms with van der Waals surface area (Å²) in [4.78, 5) is 14.9. The van der Waals surface area contributed by atoms with E-state index in [2.05, 4.69) is 17.6 Å². The van der Waals surface area contributed by atoms with Crippen molar-refractivity contribution in [3.63, 3.8) is 0 Å². The van der Waals surface area contributed by atoms with Crippen molar-refractivity contribution in [1.82, 2.24) is 10.4 Å². The van der Waals surface area contributed by atoms with Gasteiger partial charge in [0.1, 0.15) is 0 Å². The third-order valence-corrected chi connectivity index (χ3v) is 3.30. The molecule has 0 spiro atoms. The number of alkyl halides is 3. The summed E-state index contributed by atoms with van der Waals surface area (Å²) in [7, 11) is 0. The Kier molecular flexibility index (Phi) is 7.15. The molecule has 2 aromatic rings. The Morgan fingerprint density at radius 3 is 2.33 bits per heavy atom. The van der Waals surface area contributed by atoms with E-state index in [9.17, 15) is 18.0 Å². The van der Waals surface area contributed by atoms with Crippen LogP contribution in [0.4, 0.5) is 18.9 Å². The number of benzene rings is 1. The second-order valence-corrected chi connectivity index (χ2v) is 5.59. The van der Waals surface area contributed by atoms with Gasteiger partial charge in [-0.05, 0) is 24.3 Å². The average Bonchev–Trinajstić information content (AvgIpc) is 2.48. The summed E-state index contributed by atoms with van der Waals surface area (Å²) in [6.45, 7) is 0. The molecule has 2 rings (SSSR count). The second kappa shape index (κ2) is 8.43. The van der Waals surface area contributed by atoms with E-state index in [0.717, 1.165) is 6.07 Å². The van der Waals surface area contributed by atoms with Gasteiger partial charge < -0.3 is 5.73 Å². The van der Waals surface area contributed by atoms with Gasteiger partial charge in [-0.3, -0.25) is 10.2 Å². The summed E-state index contributed by atoms with van der Waals surface area (Å²) >= 11 is 14.7. The average molecular weight is 399 g/mol. The number of nitrogens with zero attached hydrogens (tertiary/aromatic N) is 1. The number of carbonyl (C=O) groups is 1. The number of nitrogens with one attached hydrogen (secondary N) is 1. The molecule has 0 bridgehead atoms. The van der Waals surface area contributed by atoms with Crippen LogP contribution in [0.1, 0.15) is 16.1 Å². The zero-order valence-electron chi connectivity index (χ0n) is 11.7. The Balaban J connectivity index is 0.000000240. The van der Waals surface area contributed by atoms with Crippen molar-refractivity contribution < 1.29 is 18.0 Å². The SMILES string of the molecule is FC(F)(F)c1cc(S)ccc1Cl.NNC(=O)c1ncc(Cl)cc1N. The first-order valence-corrected chi connectivity index (χ1v) is 7.24. The topological polar surface area (TPSA) is 94.0 Å². The van der Waals surface area contributed by atoms with Gasteiger partial charge in [0.25, 0.3) is 5.91 Å². The second-order valence-electron chi connectivity index (χ2n) is 4.23. The quantitative estimate of drug-likeness (QED) is 0.255. The lowest BCUT2D eigenvalue weighted by Gasteiger charge is -2.08. The first-order chi connectivity index (χ1) is 11.1. The number of nitrogen functional groups attached to an aromatic ring is 2. The summed E-state index contributed by atoms with van der Waals surface area (Å²) in [6, 6.07) is 4.90. The predicted molar refractivity (Wildman–Crippen MR) is 89.0 cm³/mol. The van der Waals surface area contributed by atoms with Gasteiger partial charge in [0.2, 0.25) is 0 Å². The molecule has 0 unspecified atom stereocenters. The molecule has 0 aliphatic rings. The van der Waals surface area contributed by atoms with Gasteiger partial charge >= 0.3 is 6.18 Å². The molecular formula is C13H11Cl2F3N4OS. The number of pyridine rings is 1. The lowest BCUT2D eigenvalue weighted by Crippen LogP contribution is -2.31.